The van der Waals surface area contributed by atoms with Gasteiger partial charge in [-0.1, -0.05) is 34.1 Å². The number of benzene rings is 2. The zero-order valence-corrected chi connectivity index (χ0v) is 17.0. The molecule has 3 aromatic rings. The molecular weight excluding hydrogens is 418 g/mol. The summed E-state index contributed by atoms with van der Waals surface area (Å²) >= 11 is 3.40. The van der Waals surface area contributed by atoms with Gasteiger partial charge in [0, 0.05) is 27.2 Å². The maximum absolute atomic E-state index is 12.8. The van der Waals surface area contributed by atoms with Crippen LogP contribution in [0.5, 0.6) is 0 Å². The normalized spacial score (nSPS) is 13.4. The lowest BCUT2D eigenvalue weighted by atomic mass is 10.1. The minimum absolute atomic E-state index is 0.0935. The molecule has 1 saturated carbocycles. The Morgan fingerprint density at radius 3 is 2.68 bits per heavy atom. The van der Waals surface area contributed by atoms with Crippen LogP contribution in [0.3, 0.4) is 0 Å². The van der Waals surface area contributed by atoms with Gasteiger partial charge >= 0.3 is 0 Å². The second-order valence-electron chi connectivity index (χ2n) is 7.08. The van der Waals surface area contributed by atoms with Crippen molar-refractivity contribution < 1.29 is 9.59 Å². The van der Waals surface area contributed by atoms with Crippen LogP contribution in [0, 0.1) is 6.92 Å². The lowest BCUT2D eigenvalue weighted by Crippen LogP contribution is -2.33. The minimum atomic E-state index is -0.264. The molecule has 1 aliphatic carbocycles. The number of carbonyl (C=O) groups excluding carboxylic acids is 2. The van der Waals surface area contributed by atoms with Crippen molar-refractivity contribution in [3.05, 3.63) is 69.8 Å². The van der Waals surface area contributed by atoms with E-state index in [0.717, 1.165) is 45.2 Å². The van der Waals surface area contributed by atoms with Crippen molar-refractivity contribution in [3.63, 3.8) is 0 Å². The fourth-order valence-corrected chi connectivity index (χ4v) is 3.67. The number of nitrogens with one attached hydrogen (secondary N) is 2. The SMILES string of the molecule is Cc1cc(Br)ccc1NC(=O)CNC(=O)c1cc(C2CC2)nc2ccccc12. The van der Waals surface area contributed by atoms with E-state index in [-0.39, 0.29) is 18.4 Å². The van der Waals surface area contributed by atoms with E-state index >= 15 is 0 Å². The summed E-state index contributed by atoms with van der Waals surface area (Å²) in [6.45, 7) is 1.82. The summed E-state index contributed by atoms with van der Waals surface area (Å²) in [6, 6.07) is 15.1. The van der Waals surface area contributed by atoms with Gasteiger partial charge in [-0.05, 0) is 55.7 Å². The van der Waals surface area contributed by atoms with E-state index in [1.54, 1.807) is 0 Å². The third-order valence-corrected chi connectivity index (χ3v) is 5.34. The predicted molar refractivity (Wildman–Crippen MR) is 114 cm³/mol. The first-order chi connectivity index (χ1) is 13.5. The average molecular weight is 438 g/mol. The third-order valence-electron chi connectivity index (χ3n) is 4.85. The topological polar surface area (TPSA) is 71.1 Å². The Morgan fingerprint density at radius 1 is 1.14 bits per heavy atom. The van der Waals surface area contributed by atoms with Crippen molar-refractivity contribution in [2.75, 3.05) is 11.9 Å². The average Bonchev–Trinajstić information content (AvgIpc) is 3.53. The summed E-state index contributed by atoms with van der Waals surface area (Å²) in [5.41, 5.74) is 4.02. The molecule has 0 atom stereocenters. The number of rotatable bonds is 5. The second-order valence-corrected chi connectivity index (χ2v) is 7.99. The van der Waals surface area contributed by atoms with Crippen molar-refractivity contribution in [2.45, 2.75) is 25.7 Å². The van der Waals surface area contributed by atoms with Crippen LogP contribution in [-0.2, 0) is 4.79 Å². The number of anilines is 1. The summed E-state index contributed by atoms with van der Waals surface area (Å²) in [4.78, 5) is 29.8. The van der Waals surface area contributed by atoms with Gasteiger partial charge < -0.3 is 10.6 Å². The zero-order chi connectivity index (χ0) is 19.7. The third kappa shape index (κ3) is 4.07. The summed E-state index contributed by atoms with van der Waals surface area (Å²) in [6.07, 6.45) is 2.22. The molecule has 0 spiro atoms. The van der Waals surface area contributed by atoms with Crippen LogP contribution < -0.4 is 10.6 Å². The highest BCUT2D eigenvalue weighted by Crippen LogP contribution is 2.40. The standard InChI is InChI=1S/C22H20BrN3O2/c1-13-10-15(23)8-9-18(13)26-21(27)12-24-22(28)17-11-20(14-6-7-14)25-19-5-3-2-4-16(17)19/h2-5,8-11,14H,6-7,12H2,1H3,(H,24,28)(H,26,27). The van der Waals surface area contributed by atoms with Crippen LogP contribution in [0.15, 0.2) is 53.0 Å². The molecule has 1 aliphatic rings. The first kappa shape index (κ1) is 18.6. The number of hydrogen-bond donors (Lipinski definition) is 2. The maximum Gasteiger partial charge on any atom is 0.252 e. The van der Waals surface area contributed by atoms with Crippen molar-refractivity contribution in [1.29, 1.82) is 0 Å². The first-order valence-corrected chi connectivity index (χ1v) is 10.0. The molecule has 0 bridgehead atoms. The number of pyridine rings is 1. The lowest BCUT2D eigenvalue weighted by Gasteiger charge is -2.11. The number of halogens is 1. The van der Waals surface area contributed by atoms with E-state index < -0.39 is 0 Å². The quantitative estimate of drug-likeness (QED) is 0.614. The van der Waals surface area contributed by atoms with Crippen LogP contribution in [-0.4, -0.2) is 23.3 Å². The molecule has 2 N–H and O–H groups in total. The second kappa shape index (κ2) is 7.72. The highest BCUT2D eigenvalue weighted by molar-refractivity contribution is 9.10. The monoisotopic (exact) mass is 437 g/mol. The van der Waals surface area contributed by atoms with Gasteiger partial charge in [-0.3, -0.25) is 14.6 Å². The fourth-order valence-electron chi connectivity index (χ4n) is 3.19. The van der Waals surface area contributed by atoms with Gasteiger partial charge in [-0.25, -0.2) is 0 Å². The number of aromatic nitrogens is 1. The molecule has 2 amide bonds. The first-order valence-electron chi connectivity index (χ1n) is 9.25. The molecule has 1 heterocycles. The van der Waals surface area contributed by atoms with Gasteiger partial charge in [0.05, 0.1) is 17.6 Å². The van der Waals surface area contributed by atoms with Crippen LogP contribution in [0.1, 0.15) is 40.4 Å². The van der Waals surface area contributed by atoms with Gasteiger partial charge in [-0.15, -0.1) is 0 Å². The van der Waals surface area contributed by atoms with Crippen molar-refractivity contribution >= 4 is 44.3 Å². The molecule has 0 saturated heterocycles. The molecule has 4 rings (SSSR count). The van der Waals surface area contributed by atoms with Gasteiger partial charge in [0.25, 0.3) is 5.91 Å². The van der Waals surface area contributed by atoms with E-state index in [4.69, 9.17) is 0 Å². The van der Waals surface area contributed by atoms with E-state index in [1.165, 1.54) is 0 Å². The Balaban J connectivity index is 1.48. The van der Waals surface area contributed by atoms with E-state index in [9.17, 15) is 9.59 Å². The van der Waals surface area contributed by atoms with Gasteiger partial charge in [-0.2, -0.15) is 0 Å². The molecular formula is C22H20BrN3O2. The number of carbonyl (C=O) groups is 2. The molecule has 0 unspecified atom stereocenters. The number of fused-ring (bicyclic) bond motifs is 1. The zero-order valence-electron chi connectivity index (χ0n) is 15.5. The van der Waals surface area contributed by atoms with Gasteiger partial charge in [0.15, 0.2) is 0 Å². The number of hydrogen-bond acceptors (Lipinski definition) is 3. The summed E-state index contributed by atoms with van der Waals surface area (Å²) in [7, 11) is 0. The number of para-hydroxylation sites is 1. The Morgan fingerprint density at radius 2 is 1.93 bits per heavy atom. The molecule has 2 aromatic carbocycles. The molecule has 28 heavy (non-hydrogen) atoms. The highest BCUT2D eigenvalue weighted by Gasteiger charge is 2.27. The Bertz CT molecular complexity index is 1080. The molecule has 142 valence electrons. The summed E-state index contributed by atoms with van der Waals surface area (Å²) in [5, 5.41) is 6.37. The van der Waals surface area contributed by atoms with Crippen LogP contribution in [0.2, 0.25) is 0 Å². The van der Waals surface area contributed by atoms with E-state index in [2.05, 4.69) is 31.5 Å². The Labute approximate surface area is 171 Å². The largest absolute Gasteiger partial charge is 0.343 e. The molecule has 0 radical (unpaired) electrons. The van der Waals surface area contributed by atoms with Crippen molar-refractivity contribution in [1.82, 2.24) is 10.3 Å². The summed E-state index contributed by atoms with van der Waals surface area (Å²) < 4.78 is 0.951. The van der Waals surface area contributed by atoms with Gasteiger partial charge in [0.1, 0.15) is 0 Å². The molecule has 1 fully saturated rings. The Hall–Kier alpha value is -2.73. The smallest absolute Gasteiger partial charge is 0.252 e. The molecule has 0 aliphatic heterocycles. The van der Waals surface area contributed by atoms with Crippen LogP contribution in [0.4, 0.5) is 5.69 Å². The van der Waals surface area contributed by atoms with Crippen LogP contribution in [0.25, 0.3) is 10.9 Å². The fraction of sp³-hybridized carbons (Fsp3) is 0.227. The highest BCUT2D eigenvalue weighted by atomic mass is 79.9. The van der Waals surface area contributed by atoms with Crippen LogP contribution >= 0.6 is 15.9 Å². The van der Waals surface area contributed by atoms with Crippen molar-refractivity contribution in [2.24, 2.45) is 0 Å². The summed E-state index contributed by atoms with van der Waals surface area (Å²) in [5.74, 6) is -0.0810. The molecule has 1 aromatic heterocycles. The minimum Gasteiger partial charge on any atom is -0.343 e. The lowest BCUT2D eigenvalue weighted by molar-refractivity contribution is -0.115. The number of aryl methyl sites for hydroxylation is 1. The van der Waals surface area contributed by atoms with E-state index in [0.29, 0.717) is 11.5 Å². The molecule has 6 heteroatoms. The van der Waals surface area contributed by atoms with E-state index in [1.807, 2.05) is 55.5 Å². The Kier molecular flexibility index (Phi) is 5.13. The maximum atomic E-state index is 12.8. The van der Waals surface area contributed by atoms with Gasteiger partial charge in [0.2, 0.25) is 5.91 Å². The number of amides is 2. The number of nitrogens with zero attached hydrogens (tertiary/aromatic N) is 1. The predicted octanol–water partition coefficient (Wildman–Crippen LogP) is 4.55. The molecule has 5 nitrogen and oxygen atoms in total. The van der Waals surface area contributed by atoms with Crippen molar-refractivity contribution in [3.8, 4) is 0 Å².